The predicted octanol–water partition coefficient (Wildman–Crippen LogP) is 4.74. The van der Waals surface area contributed by atoms with Crippen LogP contribution in [0.1, 0.15) is 42.5 Å². The van der Waals surface area contributed by atoms with Gasteiger partial charge >= 0.3 is 6.09 Å². The summed E-state index contributed by atoms with van der Waals surface area (Å²) in [4.78, 5) is 29.8. The number of ether oxygens (including phenoxy) is 1. The van der Waals surface area contributed by atoms with E-state index in [2.05, 4.69) is 0 Å². The summed E-state index contributed by atoms with van der Waals surface area (Å²) in [5, 5.41) is 10.6. The van der Waals surface area contributed by atoms with Crippen molar-refractivity contribution >= 4 is 12.0 Å². The van der Waals surface area contributed by atoms with Crippen molar-refractivity contribution in [3.63, 3.8) is 0 Å². The number of likely N-dealkylation sites (N-methyl/N-ethyl adjacent to an activating group) is 1. The van der Waals surface area contributed by atoms with Gasteiger partial charge in [-0.05, 0) is 36.5 Å². The molecule has 6 heteroatoms. The minimum Gasteiger partial charge on any atom is -0.444 e. The Hall–Kier alpha value is -3.64. The zero-order valence-electron chi connectivity index (χ0n) is 19.3. The molecule has 0 aliphatic carbocycles. The molecule has 0 bridgehead atoms. The van der Waals surface area contributed by atoms with Gasteiger partial charge in [-0.25, -0.2) is 4.79 Å². The van der Waals surface area contributed by atoms with Crippen molar-refractivity contribution in [1.29, 1.82) is 0 Å². The number of rotatable bonds is 7. The van der Waals surface area contributed by atoms with Gasteiger partial charge in [0.1, 0.15) is 18.9 Å². The molecular formula is C28H30N2O4. The highest BCUT2D eigenvalue weighted by atomic mass is 16.6. The Bertz CT molecular complexity index is 1040. The standard InChI is InChI=1S/C28H30N2O4/c1-2-29(26(22-14-8-4-9-15-22)23-16-10-5-11-17-23)27(32)24-18-19-25(31)30(24)28(33)34-20-21-12-6-3-7-13-21/h3-17,24-26,31H,2,18-20H2,1H3/t24-,25?/m0/s1. The van der Waals surface area contributed by atoms with Gasteiger partial charge in [0.05, 0.1) is 6.04 Å². The maximum atomic E-state index is 13.9. The van der Waals surface area contributed by atoms with Crippen LogP contribution in [0.15, 0.2) is 91.0 Å². The summed E-state index contributed by atoms with van der Waals surface area (Å²) < 4.78 is 5.46. The Morgan fingerprint density at radius 3 is 1.97 bits per heavy atom. The number of nitrogens with zero attached hydrogens (tertiary/aromatic N) is 2. The molecule has 1 aliphatic rings. The first-order chi connectivity index (χ1) is 16.6. The summed E-state index contributed by atoms with van der Waals surface area (Å²) in [5.74, 6) is -0.201. The molecule has 0 saturated carbocycles. The Kier molecular flexibility index (Phi) is 7.60. The van der Waals surface area contributed by atoms with Crippen molar-refractivity contribution in [1.82, 2.24) is 9.80 Å². The minimum absolute atomic E-state index is 0.0813. The second-order valence-corrected chi connectivity index (χ2v) is 8.37. The molecule has 2 atom stereocenters. The fourth-order valence-electron chi connectivity index (χ4n) is 4.56. The Morgan fingerprint density at radius 1 is 0.912 bits per heavy atom. The molecule has 2 amide bonds. The van der Waals surface area contributed by atoms with Crippen molar-refractivity contribution in [2.45, 2.75) is 44.7 Å². The Balaban J connectivity index is 1.58. The van der Waals surface area contributed by atoms with Gasteiger partial charge in [-0.1, -0.05) is 91.0 Å². The van der Waals surface area contributed by atoms with Crippen LogP contribution in [-0.2, 0) is 16.1 Å². The SMILES string of the molecule is CCN(C(=O)[C@@H]1CCC(O)N1C(=O)OCc1ccccc1)C(c1ccccc1)c1ccccc1. The maximum absolute atomic E-state index is 13.9. The van der Waals surface area contributed by atoms with Crippen LogP contribution in [0, 0.1) is 0 Å². The molecule has 3 aromatic carbocycles. The Labute approximate surface area is 200 Å². The van der Waals surface area contributed by atoms with E-state index in [1.54, 1.807) is 4.90 Å². The highest BCUT2D eigenvalue weighted by Crippen LogP contribution is 2.32. The van der Waals surface area contributed by atoms with Gasteiger partial charge < -0.3 is 14.7 Å². The fraction of sp³-hybridized carbons (Fsp3) is 0.286. The van der Waals surface area contributed by atoms with E-state index in [-0.39, 0.29) is 18.6 Å². The average Bonchev–Trinajstić information content (AvgIpc) is 3.28. The average molecular weight is 459 g/mol. The molecule has 1 N–H and O–H groups in total. The van der Waals surface area contributed by atoms with Crippen LogP contribution in [0.25, 0.3) is 0 Å². The molecule has 1 unspecified atom stereocenters. The lowest BCUT2D eigenvalue weighted by Gasteiger charge is -2.36. The number of aliphatic hydroxyl groups is 1. The van der Waals surface area contributed by atoms with E-state index in [9.17, 15) is 14.7 Å². The Morgan fingerprint density at radius 2 is 1.44 bits per heavy atom. The minimum atomic E-state index is -1.05. The van der Waals surface area contributed by atoms with Gasteiger partial charge in [0, 0.05) is 6.54 Å². The van der Waals surface area contributed by atoms with Crippen LogP contribution in [0.5, 0.6) is 0 Å². The highest BCUT2D eigenvalue weighted by Gasteiger charge is 2.44. The lowest BCUT2D eigenvalue weighted by atomic mass is 9.96. The summed E-state index contributed by atoms with van der Waals surface area (Å²) in [6, 6.07) is 28.0. The van der Waals surface area contributed by atoms with E-state index < -0.39 is 18.4 Å². The second kappa shape index (κ2) is 11.0. The van der Waals surface area contributed by atoms with Crippen molar-refractivity contribution in [3.8, 4) is 0 Å². The van der Waals surface area contributed by atoms with Crippen LogP contribution in [0.3, 0.4) is 0 Å². The molecule has 3 aromatic rings. The largest absolute Gasteiger partial charge is 0.444 e. The molecule has 1 fully saturated rings. The van der Waals surface area contributed by atoms with Gasteiger partial charge in [0.2, 0.25) is 5.91 Å². The summed E-state index contributed by atoms with van der Waals surface area (Å²) in [6.07, 6.45) is -1.02. The normalized spacial score (nSPS) is 17.6. The van der Waals surface area contributed by atoms with Gasteiger partial charge in [0.25, 0.3) is 0 Å². The molecule has 6 nitrogen and oxygen atoms in total. The van der Waals surface area contributed by atoms with Gasteiger partial charge in [0.15, 0.2) is 0 Å². The molecule has 4 rings (SSSR count). The zero-order chi connectivity index (χ0) is 23.9. The summed E-state index contributed by atoms with van der Waals surface area (Å²) in [6.45, 7) is 2.46. The van der Waals surface area contributed by atoms with Crippen molar-refractivity contribution in [2.24, 2.45) is 0 Å². The number of carbonyl (C=O) groups is 2. The van der Waals surface area contributed by atoms with E-state index in [0.29, 0.717) is 19.4 Å². The number of amides is 2. The summed E-state index contributed by atoms with van der Waals surface area (Å²) >= 11 is 0. The number of hydrogen-bond donors (Lipinski definition) is 1. The smallest absolute Gasteiger partial charge is 0.412 e. The summed E-state index contributed by atoms with van der Waals surface area (Å²) in [7, 11) is 0. The molecular weight excluding hydrogens is 428 g/mol. The number of benzene rings is 3. The fourth-order valence-corrected chi connectivity index (χ4v) is 4.56. The number of carbonyl (C=O) groups excluding carboxylic acids is 2. The third-order valence-corrected chi connectivity index (χ3v) is 6.22. The first kappa shape index (κ1) is 23.5. The van der Waals surface area contributed by atoms with Gasteiger partial charge in [-0.15, -0.1) is 0 Å². The number of hydrogen-bond acceptors (Lipinski definition) is 4. The maximum Gasteiger partial charge on any atom is 0.412 e. The summed E-state index contributed by atoms with van der Waals surface area (Å²) in [5.41, 5.74) is 2.82. The van der Waals surface area contributed by atoms with E-state index in [1.807, 2.05) is 97.9 Å². The molecule has 1 aliphatic heterocycles. The lowest BCUT2D eigenvalue weighted by molar-refractivity contribution is -0.139. The molecule has 176 valence electrons. The van der Waals surface area contributed by atoms with Crippen molar-refractivity contribution in [3.05, 3.63) is 108 Å². The monoisotopic (exact) mass is 458 g/mol. The van der Waals surface area contributed by atoms with Crippen LogP contribution >= 0.6 is 0 Å². The van der Waals surface area contributed by atoms with Gasteiger partial charge in [-0.2, -0.15) is 0 Å². The van der Waals surface area contributed by atoms with E-state index in [4.69, 9.17) is 4.74 Å². The predicted molar refractivity (Wildman–Crippen MR) is 130 cm³/mol. The molecule has 1 heterocycles. The van der Waals surface area contributed by atoms with Crippen LogP contribution in [-0.4, -0.2) is 45.7 Å². The van der Waals surface area contributed by atoms with Crippen LogP contribution in [0.2, 0.25) is 0 Å². The molecule has 0 spiro atoms. The topological polar surface area (TPSA) is 70.1 Å². The van der Waals surface area contributed by atoms with E-state index in [0.717, 1.165) is 16.7 Å². The zero-order valence-corrected chi connectivity index (χ0v) is 19.3. The number of aliphatic hydroxyl groups excluding tert-OH is 1. The molecule has 0 aromatic heterocycles. The lowest BCUT2D eigenvalue weighted by Crippen LogP contribution is -2.51. The first-order valence-electron chi connectivity index (χ1n) is 11.7. The highest BCUT2D eigenvalue weighted by molar-refractivity contribution is 5.87. The van der Waals surface area contributed by atoms with Crippen LogP contribution < -0.4 is 0 Å². The first-order valence-corrected chi connectivity index (χ1v) is 11.7. The van der Waals surface area contributed by atoms with Gasteiger partial charge in [-0.3, -0.25) is 9.69 Å². The van der Waals surface area contributed by atoms with Crippen molar-refractivity contribution < 1.29 is 19.4 Å². The molecule has 34 heavy (non-hydrogen) atoms. The van der Waals surface area contributed by atoms with Crippen molar-refractivity contribution in [2.75, 3.05) is 6.54 Å². The second-order valence-electron chi connectivity index (χ2n) is 8.37. The number of likely N-dealkylation sites (tertiary alicyclic amines) is 1. The quantitative estimate of drug-likeness (QED) is 0.555. The van der Waals surface area contributed by atoms with E-state index in [1.165, 1.54) is 4.90 Å². The third-order valence-electron chi connectivity index (χ3n) is 6.22. The molecule has 0 radical (unpaired) electrons. The van der Waals surface area contributed by atoms with E-state index >= 15 is 0 Å². The van der Waals surface area contributed by atoms with Crippen LogP contribution in [0.4, 0.5) is 4.79 Å². The molecule has 1 saturated heterocycles. The third kappa shape index (κ3) is 5.13.